The van der Waals surface area contributed by atoms with Crippen LogP contribution in [0.5, 0.6) is 0 Å². The van der Waals surface area contributed by atoms with Crippen molar-refractivity contribution in [2.45, 2.75) is 18.2 Å². The molecule has 0 aliphatic carbocycles. The number of aryl methyl sites for hydroxylation is 1. The summed E-state index contributed by atoms with van der Waals surface area (Å²) in [7, 11) is 0. The van der Waals surface area contributed by atoms with Crippen LogP contribution < -0.4 is 0 Å². The number of halogens is 1. The molecule has 0 fully saturated rings. The van der Waals surface area contributed by atoms with Gasteiger partial charge in [-0.25, -0.2) is 0 Å². The molecule has 3 heteroatoms. The molecule has 1 aromatic heterocycles. The molecule has 14 heavy (non-hydrogen) atoms. The first-order chi connectivity index (χ1) is 6.76. The van der Waals surface area contributed by atoms with Crippen molar-refractivity contribution in [2.75, 3.05) is 6.26 Å². The SMILES string of the molecule is CCc1c(SC)ccc2cc(Br)sc12. The molecule has 1 heterocycles. The quantitative estimate of drug-likeness (QED) is 0.704. The van der Waals surface area contributed by atoms with Crippen LogP contribution in [0.2, 0.25) is 0 Å². The smallest absolute Gasteiger partial charge is 0.0711 e. The summed E-state index contributed by atoms with van der Waals surface area (Å²) < 4.78 is 2.66. The molecular formula is C11H11BrS2. The van der Waals surface area contributed by atoms with Crippen LogP contribution in [-0.4, -0.2) is 6.26 Å². The second kappa shape index (κ2) is 4.25. The Labute approximate surface area is 101 Å². The molecule has 0 spiro atoms. The molecular weight excluding hydrogens is 276 g/mol. The molecule has 2 rings (SSSR count). The fourth-order valence-electron chi connectivity index (χ4n) is 1.64. The van der Waals surface area contributed by atoms with Crippen molar-refractivity contribution in [1.82, 2.24) is 0 Å². The molecule has 0 saturated carbocycles. The van der Waals surface area contributed by atoms with Gasteiger partial charge in [-0.1, -0.05) is 13.0 Å². The van der Waals surface area contributed by atoms with Gasteiger partial charge in [-0.05, 0) is 51.7 Å². The normalized spacial score (nSPS) is 11.1. The Morgan fingerprint density at radius 3 is 2.86 bits per heavy atom. The van der Waals surface area contributed by atoms with Crippen molar-refractivity contribution < 1.29 is 0 Å². The number of hydrogen-bond acceptors (Lipinski definition) is 2. The molecule has 0 N–H and O–H groups in total. The fourth-order valence-corrected chi connectivity index (χ4v) is 4.13. The van der Waals surface area contributed by atoms with Gasteiger partial charge in [0.2, 0.25) is 0 Å². The van der Waals surface area contributed by atoms with Gasteiger partial charge in [-0.15, -0.1) is 23.1 Å². The molecule has 0 amide bonds. The summed E-state index contributed by atoms with van der Waals surface area (Å²) in [6.45, 7) is 2.22. The Morgan fingerprint density at radius 1 is 1.43 bits per heavy atom. The number of rotatable bonds is 2. The zero-order chi connectivity index (χ0) is 10.1. The summed E-state index contributed by atoms with van der Waals surface area (Å²) in [5, 5.41) is 1.36. The molecule has 0 aliphatic rings. The Hall–Kier alpha value is 0.01000. The van der Waals surface area contributed by atoms with E-state index in [4.69, 9.17) is 0 Å². The zero-order valence-corrected chi connectivity index (χ0v) is 11.4. The highest BCUT2D eigenvalue weighted by molar-refractivity contribution is 9.11. The molecule has 1 aromatic carbocycles. The maximum absolute atomic E-state index is 3.55. The molecule has 0 atom stereocenters. The molecule has 0 radical (unpaired) electrons. The number of benzene rings is 1. The number of thioether (sulfide) groups is 1. The third kappa shape index (κ3) is 1.73. The summed E-state index contributed by atoms with van der Waals surface area (Å²) in [6.07, 6.45) is 3.25. The number of hydrogen-bond donors (Lipinski definition) is 0. The largest absolute Gasteiger partial charge is 0.129 e. The second-order valence-electron chi connectivity index (χ2n) is 3.07. The van der Waals surface area contributed by atoms with Gasteiger partial charge in [0.1, 0.15) is 0 Å². The second-order valence-corrected chi connectivity index (χ2v) is 6.35. The minimum Gasteiger partial charge on any atom is -0.129 e. The van der Waals surface area contributed by atoms with Gasteiger partial charge in [0.15, 0.2) is 0 Å². The third-order valence-corrected chi connectivity index (χ3v) is 4.83. The maximum atomic E-state index is 3.55. The first kappa shape index (κ1) is 10.5. The minimum atomic E-state index is 1.11. The van der Waals surface area contributed by atoms with E-state index in [1.807, 2.05) is 23.1 Å². The third-order valence-electron chi connectivity index (χ3n) is 2.29. The highest BCUT2D eigenvalue weighted by Gasteiger charge is 2.07. The van der Waals surface area contributed by atoms with Gasteiger partial charge in [-0.3, -0.25) is 0 Å². The highest BCUT2D eigenvalue weighted by atomic mass is 79.9. The predicted molar refractivity (Wildman–Crippen MR) is 70.7 cm³/mol. The van der Waals surface area contributed by atoms with E-state index in [1.165, 1.54) is 24.3 Å². The zero-order valence-electron chi connectivity index (χ0n) is 8.13. The minimum absolute atomic E-state index is 1.11. The van der Waals surface area contributed by atoms with Crippen LogP contribution in [0.3, 0.4) is 0 Å². The summed E-state index contributed by atoms with van der Waals surface area (Å²) >= 11 is 7.22. The topological polar surface area (TPSA) is 0 Å². The lowest BCUT2D eigenvalue weighted by Crippen LogP contribution is -1.84. The Bertz CT molecular complexity index is 460. The van der Waals surface area contributed by atoms with Gasteiger partial charge in [0.05, 0.1) is 3.79 Å². The van der Waals surface area contributed by atoms with Crippen LogP contribution in [0.25, 0.3) is 10.1 Å². The van der Waals surface area contributed by atoms with Crippen molar-refractivity contribution in [3.63, 3.8) is 0 Å². The van der Waals surface area contributed by atoms with Crippen LogP contribution in [0, 0.1) is 0 Å². The Kier molecular flexibility index (Phi) is 3.20. The van der Waals surface area contributed by atoms with Crippen molar-refractivity contribution >= 4 is 49.1 Å². The molecule has 0 unspecified atom stereocenters. The van der Waals surface area contributed by atoms with Gasteiger partial charge < -0.3 is 0 Å². The molecule has 0 nitrogen and oxygen atoms in total. The molecule has 2 aromatic rings. The molecule has 0 aliphatic heterocycles. The average Bonchev–Trinajstić information content (AvgIpc) is 2.56. The van der Waals surface area contributed by atoms with Crippen LogP contribution in [0.4, 0.5) is 0 Å². The van der Waals surface area contributed by atoms with E-state index >= 15 is 0 Å². The molecule has 0 saturated heterocycles. The summed E-state index contributed by atoms with van der Waals surface area (Å²) in [5.74, 6) is 0. The summed E-state index contributed by atoms with van der Waals surface area (Å²) in [6, 6.07) is 6.63. The lowest BCUT2D eigenvalue weighted by Gasteiger charge is -2.05. The lowest BCUT2D eigenvalue weighted by atomic mass is 10.1. The first-order valence-corrected chi connectivity index (χ1v) is 7.34. The van der Waals surface area contributed by atoms with Crippen molar-refractivity contribution in [3.05, 3.63) is 27.5 Å². The maximum Gasteiger partial charge on any atom is 0.0711 e. The van der Waals surface area contributed by atoms with E-state index in [9.17, 15) is 0 Å². The number of fused-ring (bicyclic) bond motifs is 1. The van der Waals surface area contributed by atoms with Crippen LogP contribution in [0.15, 0.2) is 26.9 Å². The van der Waals surface area contributed by atoms with E-state index in [0.717, 1.165) is 6.42 Å². The van der Waals surface area contributed by atoms with E-state index in [-0.39, 0.29) is 0 Å². The van der Waals surface area contributed by atoms with E-state index in [1.54, 1.807) is 0 Å². The number of thiophene rings is 1. The van der Waals surface area contributed by atoms with E-state index < -0.39 is 0 Å². The lowest BCUT2D eigenvalue weighted by molar-refractivity contribution is 1.11. The van der Waals surface area contributed by atoms with Crippen molar-refractivity contribution in [2.24, 2.45) is 0 Å². The standard InChI is InChI=1S/C11H11BrS2/c1-3-8-9(13-2)5-4-7-6-10(12)14-11(7)8/h4-6H,3H2,1-2H3. The van der Waals surface area contributed by atoms with Gasteiger partial charge in [0, 0.05) is 9.60 Å². The van der Waals surface area contributed by atoms with Crippen LogP contribution >= 0.6 is 39.0 Å². The monoisotopic (exact) mass is 286 g/mol. The van der Waals surface area contributed by atoms with Crippen LogP contribution in [0.1, 0.15) is 12.5 Å². The Balaban J connectivity index is 2.75. The van der Waals surface area contributed by atoms with E-state index in [0.29, 0.717) is 0 Å². The summed E-state index contributed by atoms with van der Waals surface area (Å²) in [5.41, 5.74) is 1.49. The molecule has 0 bridgehead atoms. The van der Waals surface area contributed by atoms with Gasteiger partial charge in [-0.2, -0.15) is 0 Å². The fraction of sp³-hybridized carbons (Fsp3) is 0.273. The highest BCUT2D eigenvalue weighted by Crippen LogP contribution is 2.36. The van der Waals surface area contributed by atoms with Crippen molar-refractivity contribution in [3.8, 4) is 0 Å². The predicted octanol–water partition coefficient (Wildman–Crippen LogP) is 4.95. The van der Waals surface area contributed by atoms with Crippen molar-refractivity contribution in [1.29, 1.82) is 0 Å². The van der Waals surface area contributed by atoms with E-state index in [2.05, 4.69) is 47.3 Å². The Morgan fingerprint density at radius 2 is 2.21 bits per heavy atom. The summed E-state index contributed by atoms with van der Waals surface area (Å²) in [4.78, 5) is 1.41. The average molecular weight is 287 g/mol. The van der Waals surface area contributed by atoms with Gasteiger partial charge >= 0.3 is 0 Å². The van der Waals surface area contributed by atoms with Crippen LogP contribution in [-0.2, 0) is 6.42 Å². The van der Waals surface area contributed by atoms with Gasteiger partial charge in [0.25, 0.3) is 0 Å². The first-order valence-electron chi connectivity index (χ1n) is 4.51. The molecule has 74 valence electrons.